The summed E-state index contributed by atoms with van der Waals surface area (Å²) in [6.07, 6.45) is 2.19. The van der Waals surface area contributed by atoms with Crippen LogP contribution in [0, 0.1) is 17.1 Å². The number of para-hydroxylation sites is 1. The molecule has 0 aliphatic carbocycles. The van der Waals surface area contributed by atoms with Crippen LogP contribution in [0.15, 0.2) is 90.2 Å². The molecule has 5 aromatic rings. The van der Waals surface area contributed by atoms with Gasteiger partial charge in [-0.25, -0.2) is 4.39 Å². The van der Waals surface area contributed by atoms with Crippen LogP contribution in [0.2, 0.25) is 0 Å². The molecule has 0 N–H and O–H groups in total. The van der Waals surface area contributed by atoms with Gasteiger partial charge in [0.15, 0.2) is 16.8 Å². The summed E-state index contributed by atoms with van der Waals surface area (Å²) in [4.78, 5) is 13.3. The van der Waals surface area contributed by atoms with Crippen LogP contribution < -0.4 is 0 Å². The normalized spacial score (nSPS) is 11.0. The summed E-state index contributed by atoms with van der Waals surface area (Å²) in [5.74, 6) is 0.141. The fourth-order valence-electron chi connectivity index (χ4n) is 4.18. The molecule has 2 heterocycles. The van der Waals surface area contributed by atoms with Crippen molar-refractivity contribution in [3.63, 3.8) is 0 Å². The van der Waals surface area contributed by atoms with E-state index in [1.54, 1.807) is 18.2 Å². The molecular weight excluding hydrogens is 473 g/mol. The summed E-state index contributed by atoms with van der Waals surface area (Å²) in [7, 11) is 0. The molecule has 0 radical (unpaired) electrons. The number of benzene rings is 3. The Morgan fingerprint density at radius 3 is 2.53 bits per heavy atom. The van der Waals surface area contributed by atoms with Gasteiger partial charge >= 0.3 is 0 Å². The maximum Gasteiger partial charge on any atom is 0.192 e. The number of ketones is 1. The van der Waals surface area contributed by atoms with E-state index in [0.29, 0.717) is 41.6 Å². The van der Waals surface area contributed by atoms with Crippen molar-refractivity contribution in [2.75, 3.05) is 5.75 Å². The molecule has 0 spiro atoms. The second-order valence-corrected chi connectivity index (χ2v) is 9.17. The van der Waals surface area contributed by atoms with Gasteiger partial charge in [0.05, 0.1) is 30.4 Å². The van der Waals surface area contributed by atoms with Gasteiger partial charge in [0.2, 0.25) is 0 Å². The molecule has 0 aliphatic heterocycles. The molecule has 178 valence electrons. The minimum Gasteiger partial charge on any atom is -0.346 e. The van der Waals surface area contributed by atoms with Crippen molar-refractivity contribution in [3.8, 4) is 17.5 Å². The Bertz CT molecular complexity index is 1570. The van der Waals surface area contributed by atoms with E-state index in [1.165, 1.54) is 17.8 Å². The minimum atomic E-state index is -0.378. The lowest BCUT2D eigenvalue weighted by Gasteiger charge is -2.11. The van der Waals surface area contributed by atoms with Gasteiger partial charge in [-0.1, -0.05) is 72.4 Å². The van der Waals surface area contributed by atoms with Crippen LogP contribution in [-0.2, 0) is 13.1 Å². The number of carbonyl (C=O) groups is 1. The van der Waals surface area contributed by atoms with Crippen molar-refractivity contribution in [1.82, 2.24) is 19.3 Å². The zero-order valence-electron chi connectivity index (χ0n) is 19.3. The summed E-state index contributed by atoms with van der Waals surface area (Å²) < 4.78 is 18.4. The van der Waals surface area contributed by atoms with Crippen molar-refractivity contribution in [2.45, 2.75) is 24.7 Å². The SMILES string of the molecule is N#CCCn1cc(C(=O)CSc2nnc(-c3ccccc3F)n2Cc2ccccc2)c2ccccc21. The number of Topliss-reactive ketones (excluding diaryl/α,β-unsaturated/α-hetero) is 1. The zero-order chi connectivity index (χ0) is 24.9. The van der Waals surface area contributed by atoms with E-state index in [0.717, 1.165) is 16.5 Å². The molecule has 0 saturated heterocycles. The summed E-state index contributed by atoms with van der Waals surface area (Å²) in [6, 6.07) is 26.1. The molecule has 0 unspecified atom stereocenters. The first-order valence-corrected chi connectivity index (χ1v) is 12.5. The van der Waals surface area contributed by atoms with E-state index in [-0.39, 0.29) is 17.4 Å². The third-order valence-electron chi connectivity index (χ3n) is 5.90. The average Bonchev–Trinajstić information content (AvgIpc) is 3.48. The fourth-order valence-corrected chi connectivity index (χ4v) is 5.00. The number of aromatic nitrogens is 4. The highest BCUT2D eigenvalue weighted by molar-refractivity contribution is 7.99. The second kappa shape index (κ2) is 10.6. The molecule has 0 aliphatic rings. The highest BCUT2D eigenvalue weighted by Crippen LogP contribution is 2.29. The van der Waals surface area contributed by atoms with Gasteiger partial charge in [0, 0.05) is 29.2 Å². The molecular formula is C28H22FN5OS. The van der Waals surface area contributed by atoms with E-state index >= 15 is 0 Å². The Morgan fingerprint density at radius 1 is 0.972 bits per heavy atom. The number of nitrogens with zero attached hydrogens (tertiary/aromatic N) is 5. The van der Waals surface area contributed by atoms with Gasteiger partial charge in [0.1, 0.15) is 5.82 Å². The first-order chi connectivity index (χ1) is 17.7. The third kappa shape index (κ3) is 4.79. The predicted molar refractivity (Wildman–Crippen MR) is 138 cm³/mol. The summed E-state index contributed by atoms with van der Waals surface area (Å²) in [6.45, 7) is 0.969. The lowest BCUT2D eigenvalue weighted by Crippen LogP contribution is -2.07. The Balaban J connectivity index is 1.44. The summed E-state index contributed by atoms with van der Waals surface area (Å²) in [5.41, 5.74) is 2.91. The van der Waals surface area contributed by atoms with Crippen LogP contribution in [0.25, 0.3) is 22.3 Å². The van der Waals surface area contributed by atoms with Crippen molar-refractivity contribution in [2.24, 2.45) is 0 Å². The lowest BCUT2D eigenvalue weighted by atomic mass is 10.1. The van der Waals surface area contributed by atoms with Gasteiger partial charge in [-0.3, -0.25) is 9.36 Å². The Labute approximate surface area is 212 Å². The quantitative estimate of drug-likeness (QED) is 0.186. The van der Waals surface area contributed by atoms with Crippen molar-refractivity contribution in [1.29, 1.82) is 5.26 Å². The van der Waals surface area contributed by atoms with Crippen LogP contribution in [0.4, 0.5) is 4.39 Å². The number of rotatable bonds is 9. The standard InChI is InChI=1S/C28H22FN5OS/c29-24-13-6-4-12-22(24)27-31-32-28(34(27)17-20-9-2-1-3-10-20)36-19-26(35)23-18-33(16-8-15-30)25-14-7-5-11-21(23)25/h1-7,9-14,18H,8,16-17,19H2. The number of hydrogen-bond donors (Lipinski definition) is 0. The number of thioether (sulfide) groups is 1. The van der Waals surface area contributed by atoms with Crippen LogP contribution in [0.5, 0.6) is 0 Å². The van der Waals surface area contributed by atoms with Gasteiger partial charge in [-0.05, 0) is 23.8 Å². The van der Waals surface area contributed by atoms with Crippen LogP contribution >= 0.6 is 11.8 Å². The first-order valence-electron chi connectivity index (χ1n) is 11.5. The molecule has 0 fully saturated rings. The molecule has 2 aromatic heterocycles. The number of halogens is 1. The van der Waals surface area contributed by atoms with Crippen LogP contribution in [-0.4, -0.2) is 30.9 Å². The Hall–Kier alpha value is -4.22. The van der Waals surface area contributed by atoms with Crippen molar-refractivity contribution >= 4 is 28.4 Å². The molecule has 36 heavy (non-hydrogen) atoms. The molecule has 0 saturated carbocycles. The van der Waals surface area contributed by atoms with E-state index in [1.807, 2.05) is 69.9 Å². The van der Waals surface area contributed by atoms with Gasteiger partial charge in [-0.15, -0.1) is 10.2 Å². The van der Waals surface area contributed by atoms with E-state index in [9.17, 15) is 9.18 Å². The number of fused-ring (bicyclic) bond motifs is 1. The first kappa shape index (κ1) is 23.5. The topological polar surface area (TPSA) is 76.5 Å². The number of carbonyl (C=O) groups excluding carboxylic acids is 1. The average molecular weight is 496 g/mol. The molecule has 0 amide bonds. The minimum absolute atomic E-state index is 0.0476. The molecule has 8 heteroatoms. The third-order valence-corrected chi connectivity index (χ3v) is 6.87. The zero-order valence-corrected chi connectivity index (χ0v) is 20.2. The predicted octanol–water partition coefficient (Wildman–Crippen LogP) is 5.98. The summed E-state index contributed by atoms with van der Waals surface area (Å²) >= 11 is 1.28. The smallest absolute Gasteiger partial charge is 0.192 e. The molecule has 3 aromatic carbocycles. The highest BCUT2D eigenvalue weighted by atomic mass is 32.2. The maximum atomic E-state index is 14.6. The molecule has 0 bridgehead atoms. The fraction of sp³-hybridized carbons (Fsp3) is 0.143. The molecule has 6 nitrogen and oxygen atoms in total. The van der Waals surface area contributed by atoms with E-state index in [2.05, 4.69) is 16.3 Å². The number of nitriles is 1. The van der Waals surface area contributed by atoms with Gasteiger partial charge in [0.25, 0.3) is 0 Å². The second-order valence-electron chi connectivity index (χ2n) is 8.23. The van der Waals surface area contributed by atoms with Crippen LogP contribution in [0.1, 0.15) is 22.3 Å². The van der Waals surface area contributed by atoms with Gasteiger partial charge in [-0.2, -0.15) is 5.26 Å². The largest absolute Gasteiger partial charge is 0.346 e. The lowest BCUT2D eigenvalue weighted by molar-refractivity contribution is 0.102. The highest BCUT2D eigenvalue weighted by Gasteiger charge is 2.20. The van der Waals surface area contributed by atoms with Gasteiger partial charge < -0.3 is 4.57 Å². The Morgan fingerprint density at radius 2 is 1.72 bits per heavy atom. The monoisotopic (exact) mass is 495 g/mol. The van der Waals surface area contributed by atoms with Crippen LogP contribution in [0.3, 0.4) is 0 Å². The number of hydrogen-bond acceptors (Lipinski definition) is 5. The summed E-state index contributed by atoms with van der Waals surface area (Å²) in [5, 5.41) is 19.0. The van der Waals surface area contributed by atoms with E-state index < -0.39 is 0 Å². The van der Waals surface area contributed by atoms with Crippen molar-refractivity contribution < 1.29 is 9.18 Å². The molecule has 5 rings (SSSR count). The Kier molecular flexibility index (Phi) is 6.92. The van der Waals surface area contributed by atoms with Crippen molar-refractivity contribution in [3.05, 3.63) is 102 Å². The number of aryl methyl sites for hydroxylation is 1. The van der Waals surface area contributed by atoms with E-state index in [4.69, 9.17) is 5.26 Å². The molecule has 0 atom stereocenters. The maximum absolute atomic E-state index is 14.6.